The third-order valence-corrected chi connectivity index (χ3v) is 3.96. The van der Waals surface area contributed by atoms with E-state index in [1.54, 1.807) is 21.0 Å². The Morgan fingerprint density at radius 2 is 1.92 bits per heavy atom. The minimum atomic E-state index is -0.248. The molecule has 0 unspecified atom stereocenters. The van der Waals surface area contributed by atoms with Gasteiger partial charge in [-0.25, -0.2) is 0 Å². The van der Waals surface area contributed by atoms with E-state index >= 15 is 0 Å². The monoisotopic (exact) mass is 357 g/mol. The molecule has 0 spiro atoms. The predicted molar refractivity (Wildman–Crippen MR) is 97.5 cm³/mol. The summed E-state index contributed by atoms with van der Waals surface area (Å²) in [4.78, 5) is 14.0. The summed E-state index contributed by atoms with van der Waals surface area (Å²) >= 11 is 0. The molecule has 2 rings (SSSR count). The van der Waals surface area contributed by atoms with E-state index in [9.17, 15) is 4.79 Å². The number of methoxy groups -OCH3 is 1. The van der Waals surface area contributed by atoms with E-state index in [1.165, 1.54) is 0 Å². The number of amides is 1. The fourth-order valence-electron chi connectivity index (χ4n) is 2.33. The molecular formula is C19H23N3O4. The first-order valence-electron chi connectivity index (χ1n) is 8.20. The molecule has 1 amide bonds. The van der Waals surface area contributed by atoms with E-state index in [1.807, 2.05) is 36.2 Å². The lowest BCUT2D eigenvalue weighted by Gasteiger charge is -2.16. The maximum absolute atomic E-state index is 12.1. The van der Waals surface area contributed by atoms with Crippen molar-refractivity contribution in [2.24, 2.45) is 0 Å². The third kappa shape index (κ3) is 5.01. The Balaban J connectivity index is 1.78. The van der Waals surface area contributed by atoms with Crippen LogP contribution in [0.15, 0.2) is 28.7 Å². The van der Waals surface area contributed by atoms with Gasteiger partial charge in [-0.1, -0.05) is 0 Å². The van der Waals surface area contributed by atoms with E-state index in [4.69, 9.17) is 19.2 Å². The van der Waals surface area contributed by atoms with Crippen LogP contribution in [0, 0.1) is 25.2 Å². The fourth-order valence-corrected chi connectivity index (χ4v) is 2.33. The van der Waals surface area contributed by atoms with Crippen molar-refractivity contribution in [2.75, 3.05) is 39.2 Å². The minimum absolute atomic E-state index is 0.162. The van der Waals surface area contributed by atoms with Crippen molar-refractivity contribution in [3.63, 3.8) is 0 Å². The number of aryl methyl sites for hydroxylation is 1. The number of ether oxygens (including phenoxy) is 2. The number of carbonyl (C=O) groups is 1. The highest BCUT2D eigenvalue weighted by Crippen LogP contribution is 2.25. The summed E-state index contributed by atoms with van der Waals surface area (Å²) in [6, 6.07) is 9.36. The van der Waals surface area contributed by atoms with Crippen molar-refractivity contribution in [3.05, 3.63) is 41.2 Å². The van der Waals surface area contributed by atoms with Crippen molar-refractivity contribution in [2.45, 2.75) is 13.8 Å². The van der Waals surface area contributed by atoms with Crippen molar-refractivity contribution in [3.8, 4) is 17.6 Å². The topological polar surface area (TPSA) is 87.7 Å². The average molecular weight is 357 g/mol. The van der Waals surface area contributed by atoms with Crippen LogP contribution in [0.4, 0.5) is 5.88 Å². The van der Waals surface area contributed by atoms with E-state index in [0.29, 0.717) is 24.5 Å². The van der Waals surface area contributed by atoms with Gasteiger partial charge in [0.15, 0.2) is 0 Å². The molecule has 1 heterocycles. The van der Waals surface area contributed by atoms with Gasteiger partial charge in [0.25, 0.3) is 0 Å². The van der Waals surface area contributed by atoms with Crippen molar-refractivity contribution < 1.29 is 18.7 Å². The predicted octanol–water partition coefficient (Wildman–Crippen LogP) is 2.73. The number of likely N-dealkylation sites (N-methyl/N-ethyl adjacent to an activating group) is 1. The fraction of sp³-hybridized carbons (Fsp3) is 0.368. The SMILES string of the molecule is COc1ccc(OCCN(C)CC(=O)Nc2oc(C)c(C)c2C#N)cc1. The Morgan fingerprint density at radius 3 is 2.54 bits per heavy atom. The molecule has 1 aromatic carbocycles. The van der Waals surface area contributed by atoms with Crippen LogP contribution in [-0.2, 0) is 4.79 Å². The second-order valence-corrected chi connectivity index (χ2v) is 5.91. The van der Waals surface area contributed by atoms with Crippen LogP contribution in [0.1, 0.15) is 16.9 Å². The molecule has 0 aliphatic heterocycles. The van der Waals surface area contributed by atoms with Crippen LogP contribution in [0.5, 0.6) is 11.5 Å². The Hall–Kier alpha value is -2.98. The number of rotatable bonds is 8. The van der Waals surface area contributed by atoms with Crippen LogP contribution in [-0.4, -0.2) is 44.7 Å². The van der Waals surface area contributed by atoms with E-state index < -0.39 is 0 Å². The number of hydrogen-bond acceptors (Lipinski definition) is 6. The largest absolute Gasteiger partial charge is 0.497 e. The number of nitrogens with one attached hydrogen (secondary N) is 1. The number of benzene rings is 1. The number of hydrogen-bond donors (Lipinski definition) is 1. The van der Waals surface area contributed by atoms with Crippen molar-refractivity contribution in [1.29, 1.82) is 5.26 Å². The molecule has 2 aromatic rings. The summed E-state index contributed by atoms with van der Waals surface area (Å²) in [6.07, 6.45) is 0. The number of anilines is 1. The van der Waals surface area contributed by atoms with Crippen molar-refractivity contribution >= 4 is 11.8 Å². The van der Waals surface area contributed by atoms with Gasteiger partial charge < -0.3 is 13.9 Å². The van der Waals surface area contributed by atoms with Crippen LogP contribution in [0.2, 0.25) is 0 Å². The lowest BCUT2D eigenvalue weighted by atomic mass is 10.2. The van der Waals surface area contributed by atoms with Crippen LogP contribution in [0.25, 0.3) is 0 Å². The molecule has 1 aromatic heterocycles. The second kappa shape index (κ2) is 8.92. The zero-order valence-corrected chi connectivity index (χ0v) is 15.5. The molecule has 0 bridgehead atoms. The van der Waals surface area contributed by atoms with Gasteiger partial charge in [-0.2, -0.15) is 5.26 Å². The molecule has 0 saturated heterocycles. The quantitative estimate of drug-likeness (QED) is 0.781. The normalized spacial score (nSPS) is 10.5. The Morgan fingerprint density at radius 1 is 1.27 bits per heavy atom. The third-order valence-electron chi connectivity index (χ3n) is 3.96. The molecule has 0 aliphatic carbocycles. The van der Waals surface area contributed by atoms with E-state index in [2.05, 4.69) is 11.4 Å². The highest BCUT2D eigenvalue weighted by atomic mass is 16.5. The highest BCUT2D eigenvalue weighted by molar-refractivity contribution is 5.92. The first-order chi connectivity index (χ1) is 12.4. The zero-order chi connectivity index (χ0) is 19.1. The summed E-state index contributed by atoms with van der Waals surface area (Å²) in [5.41, 5.74) is 1.10. The molecule has 26 heavy (non-hydrogen) atoms. The number of carbonyl (C=O) groups excluding carboxylic acids is 1. The number of nitrogens with zero attached hydrogens (tertiary/aromatic N) is 2. The summed E-state index contributed by atoms with van der Waals surface area (Å²) in [5.74, 6) is 2.09. The standard InChI is InChI=1S/C19H23N3O4/c1-13-14(2)26-19(17(13)11-20)21-18(23)12-22(3)9-10-25-16-7-5-15(24-4)6-8-16/h5-8H,9-10,12H2,1-4H3,(H,21,23). The first kappa shape index (κ1) is 19.3. The Kier molecular flexibility index (Phi) is 6.64. The van der Waals surface area contributed by atoms with Gasteiger partial charge >= 0.3 is 0 Å². The molecule has 7 heteroatoms. The zero-order valence-electron chi connectivity index (χ0n) is 15.5. The van der Waals surface area contributed by atoms with Gasteiger partial charge in [0.05, 0.1) is 13.7 Å². The maximum atomic E-state index is 12.1. The molecule has 0 aliphatic rings. The van der Waals surface area contributed by atoms with E-state index in [0.717, 1.165) is 17.1 Å². The van der Waals surface area contributed by atoms with Gasteiger partial charge in [0.2, 0.25) is 11.8 Å². The molecule has 0 saturated carbocycles. The molecule has 1 N–H and O–H groups in total. The molecule has 0 atom stereocenters. The first-order valence-corrected chi connectivity index (χ1v) is 8.20. The maximum Gasteiger partial charge on any atom is 0.240 e. The molecule has 0 fully saturated rings. The van der Waals surface area contributed by atoms with Crippen LogP contribution >= 0.6 is 0 Å². The summed E-state index contributed by atoms with van der Waals surface area (Å²) in [6.45, 7) is 4.72. The minimum Gasteiger partial charge on any atom is -0.497 e. The van der Waals surface area contributed by atoms with Gasteiger partial charge in [-0.15, -0.1) is 0 Å². The highest BCUT2D eigenvalue weighted by Gasteiger charge is 2.17. The van der Waals surface area contributed by atoms with Gasteiger partial charge in [0, 0.05) is 12.1 Å². The van der Waals surface area contributed by atoms with Crippen LogP contribution in [0.3, 0.4) is 0 Å². The number of furan rings is 1. The molecule has 7 nitrogen and oxygen atoms in total. The van der Waals surface area contributed by atoms with Gasteiger partial charge in [-0.05, 0) is 45.2 Å². The van der Waals surface area contributed by atoms with Crippen molar-refractivity contribution in [1.82, 2.24) is 4.90 Å². The summed E-state index contributed by atoms with van der Waals surface area (Å²) < 4.78 is 16.2. The van der Waals surface area contributed by atoms with E-state index in [-0.39, 0.29) is 18.3 Å². The number of nitriles is 1. The Labute approximate surface area is 153 Å². The lowest BCUT2D eigenvalue weighted by molar-refractivity contribution is -0.117. The smallest absolute Gasteiger partial charge is 0.240 e. The summed E-state index contributed by atoms with van der Waals surface area (Å²) in [7, 11) is 3.43. The average Bonchev–Trinajstić information content (AvgIpc) is 2.88. The molecule has 138 valence electrons. The van der Waals surface area contributed by atoms with Crippen LogP contribution < -0.4 is 14.8 Å². The second-order valence-electron chi connectivity index (χ2n) is 5.91. The lowest BCUT2D eigenvalue weighted by Crippen LogP contribution is -2.33. The summed E-state index contributed by atoms with van der Waals surface area (Å²) in [5, 5.41) is 11.8. The molecule has 0 radical (unpaired) electrons. The van der Waals surface area contributed by atoms with Gasteiger partial charge in [-0.3, -0.25) is 15.0 Å². The van der Waals surface area contributed by atoms with Gasteiger partial charge in [0.1, 0.15) is 35.5 Å². The Bertz CT molecular complexity index is 790. The molecular weight excluding hydrogens is 334 g/mol.